The van der Waals surface area contributed by atoms with E-state index in [1.165, 1.54) is 19.2 Å². The number of aliphatic hydroxyl groups excluding tert-OH is 1. The second kappa shape index (κ2) is 11.8. The number of rotatable bonds is 8. The number of halogens is 1. The minimum atomic E-state index is -1.06. The highest BCUT2D eigenvalue weighted by molar-refractivity contribution is 6.33. The van der Waals surface area contributed by atoms with Gasteiger partial charge >= 0.3 is 0 Å². The second-order valence-corrected chi connectivity index (χ2v) is 9.76. The van der Waals surface area contributed by atoms with Crippen molar-refractivity contribution in [1.82, 2.24) is 24.5 Å². The number of anilines is 4. The third-order valence-electron chi connectivity index (χ3n) is 6.72. The van der Waals surface area contributed by atoms with Crippen LogP contribution in [0.3, 0.4) is 0 Å². The molecule has 12 nitrogen and oxygen atoms in total. The van der Waals surface area contributed by atoms with E-state index in [4.69, 9.17) is 16.3 Å². The Kier molecular flexibility index (Phi) is 8.04. The zero-order valence-corrected chi connectivity index (χ0v) is 23.3. The van der Waals surface area contributed by atoms with E-state index in [2.05, 4.69) is 32.3 Å². The molecule has 5 rings (SSSR count). The Morgan fingerprint density at radius 1 is 1.17 bits per heavy atom. The van der Waals surface area contributed by atoms with Crippen molar-refractivity contribution in [3.05, 3.63) is 66.6 Å². The monoisotopic (exact) mass is 576 g/mol. The van der Waals surface area contributed by atoms with E-state index in [1.807, 2.05) is 29.3 Å². The van der Waals surface area contributed by atoms with E-state index in [-0.39, 0.29) is 17.8 Å². The van der Waals surface area contributed by atoms with Crippen molar-refractivity contribution in [3.63, 3.8) is 0 Å². The third-order valence-corrected chi connectivity index (χ3v) is 7.00. The fourth-order valence-corrected chi connectivity index (χ4v) is 4.86. The van der Waals surface area contributed by atoms with Crippen molar-refractivity contribution >= 4 is 51.9 Å². The molecule has 41 heavy (non-hydrogen) atoms. The zero-order chi connectivity index (χ0) is 29.1. The van der Waals surface area contributed by atoms with Crippen molar-refractivity contribution in [2.75, 3.05) is 48.8 Å². The lowest BCUT2D eigenvalue weighted by Crippen LogP contribution is -2.51. The van der Waals surface area contributed by atoms with Crippen LogP contribution in [0, 0.1) is 0 Å². The molecular weight excluding hydrogens is 548 g/mol. The van der Waals surface area contributed by atoms with Crippen LogP contribution >= 0.6 is 11.6 Å². The molecule has 1 saturated heterocycles. The zero-order valence-electron chi connectivity index (χ0n) is 22.5. The first-order valence-electron chi connectivity index (χ1n) is 12.9. The Balaban J connectivity index is 1.47. The smallest absolute Gasteiger partial charge is 0.251 e. The van der Waals surface area contributed by atoms with Crippen LogP contribution in [0.1, 0.15) is 6.92 Å². The molecule has 0 radical (unpaired) electrons. The van der Waals surface area contributed by atoms with Crippen molar-refractivity contribution in [2.45, 2.75) is 13.0 Å². The SMILES string of the molecule is C=CC(=O)Nc1cc(Nc2ncc(Cl)c(-c3cnn4ccccc34)n2)c(OC)cc1N1CCN(C(=O)C(C)O)CC1. The van der Waals surface area contributed by atoms with E-state index in [0.717, 1.165) is 11.1 Å². The Labute approximate surface area is 241 Å². The molecule has 4 heterocycles. The predicted octanol–water partition coefficient (Wildman–Crippen LogP) is 3.35. The number of ether oxygens (including phenoxy) is 1. The average Bonchev–Trinajstić information content (AvgIpc) is 3.42. The summed E-state index contributed by atoms with van der Waals surface area (Å²) in [6.45, 7) is 6.85. The number of carbonyl (C=O) groups is 2. The minimum Gasteiger partial charge on any atom is -0.494 e. The van der Waals surface area contributed by atoms with E-state index >= 15 is 0 Å². The Morgan fingerprint density at radius 3 is 2.66 bits per heavy atom. The fourth-order valence-electron chi connectivity index (χ4n) is 4.67. The second-order valence-electron chi connectivity index (χ2n) is 9.36. The molecule has 3 aromatic heterocycles. The molecule has 1 aromatic carbocycles. The van der Waals surface area contributed by atoms with Gasteiger partial charge in [0.05, 0.1) is 52.8 Å². The van der Waals surface area contributed by atoms with Gasteiger partial charge in [-0.15, -0.1) is 0 Å². The molecule has 1 atom stereocenters. The predicted molar refractivity (Wildman–Crippen MR) is 157 cm³/mol. The van der Waals surface area contributed by atoms with Crippen LogP contribution in [0.4, 0.5) is 23.0 Å². The maximum Gasteiger partial charge on any atom is 0.251 e. The summed E-state index contributed by atoms with van der Waals surface area (Å²) in [6.07, 6.45) is 5.17. The number of amides is 2. The van der Waals surface area contributed by atoms with Gasteiger partial charge in [0.2, 0.25) is 11.9 Å². The van der Waals surface area contributed by atoms with Gasteiger partial charge in [0.15, 0.2) is 0 Å². The van der Waals surface area contributed by atoms with Gasteiger partial charge in [0.1, 0.15) is 11.9 Å². The van der Waals surface area contributed by atoms with Crippen LogP contribution in [0.5, 0.6) is 5.75 Å². The van der Waals surface area contributed by atoms with E-state index in [0.29, 0.717) is 59.7 Å². The molecule has 2 amide bonds. The first-order valence-corrected chi connectivity index (χ1v) is 13.3. The molecule has 1 unspecified atom stereocenters. The molecule has 1 fully saturated rings. The Bertz CT molecular complexity index is 1610. The largest absolute Gasteiger partial charge is 0.494 e. The number of fused-ring (bicyclic) bond motifs is 1. The number of hydrogen-bond donors (Lipinski definition) is 3. The summed E-state index contributed by atoms with van der Waals surface area (Å²) in [4.78, 5) is 37.3. The number of nitrogens with one attached hydrogen (secondary N) is 2. The standard InChI is InChI=1S/C28H29ClN8O4/c1-4-25(39)32-20-13-21(24(41-3)14-23(20)35-9-11-36(12-10-35)27(40)17(2)38)33-28-30-16-19(29)26(34-28)18-15-31-37-8-6-5-7-22(18)37/h4-8,13-17,38H,1,9-12H2,2-3H3,(H,32,39)(H,30,33,34). The summed E-state index contributed by atoms with van der Waals surface area (Å²) in [5, 5.41) is 20.5. The first kappa shape index (κ1) is 27.9. The number of aliphatic hydroxyl groups is 1. The van der Waals surface area contributed by atoms with Gasteiger partial charge in [0.25, 0.3) is 5.91 Å². The van der Waals surface area contributed by atoms with Crippen LogP contribution in [-0.2, 0) is 9.59 Å². The molecule has 4 aromatic rings. The lowest BCUT2D eigenvalue weighted by atomic mass is 10.1. The summed E-state index contributed by atoms with van der Waals surface area (Å²) in [5.41, 5.74) is 3.81. The van der Waals surface area contributed by atoms with Crippen molar-refractivity contribution in [1.29, 1.82) is 0 Å². The molecule has 1 aliphatic heterocycles. The minimum absolute atomic E-state index is 0.261. The van der Waals surface area contributed by atoms with Gasteiger partial charge in [-0.05, 0) is 31.2 Å². The number of methoxy groups -OCH3 is 1. The van der Waals surface area contributed by atoms with Crippen LogP contribution in [-0.4, -0.2) is 80.8 Å². The number of carbonyl (C=O) groups excluding carboxylic acids is 2. The van der Waals surface area contributed by atoms with E-state index in [9.17, 15) is 14.7 Å². The summed E-state index contributed by atoms with van der Waals surface area (Å²) >= 11 is 6.49. The number of nitrogens with zero attached hydrogens (tertiary/aromatic N) is 6. The van der Waals surface area contributed by atoms with Crippen molar-refractivity contribution < 1.29 is 19.4 Å². The maximum atomic E-state index is 12.3. The lowest BCUT2D eigenvalue weighted by Gasteiger charge is -2.37. The van der Waals surface area contributed by atoms with Crippen LogP contribution < -0.4 is 20.3 Å². The lowest BCUT2D eigenvalue weighted by molar-refractivity contribution is -0.139. The molecule has 1 aliphatic rings. The first-order chi connectivity index (χ1) is 19.8. The summed E-state index contributed by atoms with van der Waals surface area (Å²) in [7, 11) is 1.54. The summed E-state index contributed by atoms with van der Waals surface area (Å²) in [5.74, 6) is 0.0453. The molecule has 3 N–H and O–H groups in total. The normalized spacial score (nSPS) is 14.0. The topological polar surface area (TPSA) is 137 Å². The van der Waals surface area contributed by atoms with Gasteiger partial charge in [-0.25, -0.2) is 14.5 Å². The van der Waals surface area contributed by atoms with Crippen LogP contribution in [0.2, 0.25) is 5.02 Å². The molecule has 0 aliphatic carbocycles. The summed E-state index contributed by atoms with van der Waals surface area (Å²) in [6, 6.07) is 9.24. The molecule has 212 valence electrons. The fraction of sp³-hybridized carbons (Fsp3) is 0.250. The highest BCUT2D eigenvalue weighted by Gasteiger charge is 2.26. The maximum absolute atomic E-state index is 12.3. The van der Waals surface area contributed by atoms with Gasteiger partial charge < -0.3 is 30.3 Å². The van der Waals surface area contributed by atoms with Crippen molar-refractivity contribution in [2.24, 2.45) is 0 Å². The summed E-state index contributed by atoms with van der Waals surface area (Å²) < 4.78 is 7.43. The van der Waals surface area contributed by atoms with E-state index in [1.54, 1.807) is 34.9 Å². The quantitative estimate of drug-likeness (QED) is 0.270. The van der Waals surface area contributed by atoms with Crippen molar-refractivity contribution in [3.8, 4) is 17.0 Å². The Hall–Kier alpha value is -4.68. The van der Waals surface area contributed by atoms with Gasteiger partial charge in [-0.3, -0.25) is 9.59 Å². The van der Waals surface area contributed by atoms with Gasteiger partial charge in [-0.1, -0.05) is 24.2 Å². The molecule has 0 spiro atoms. The number of piperazine rings is 1. The Morgan fingerprint density at radius 2 is 1.95 bits per heavy atom. The van der Waals surface area contributed by atoms with E-state index < -0.39 is 6.10 Å². The van der Waals surface area contributed by atoms with Crippen LogP contribution in [0.15, 0.2) is 61.6 Å². The molecular formula is C28H29ClN8O4. The molecule has 13 heteroatoms. The average molecular weight is 577 g/mol. The van der Waals surface area contributed by atoms with Crippen LogP contribution in [0.25, 0.3) is 16.8 Å². The highest BCUT2D eigenvalue weighted by atomic mass is 35.5. The number of hydrogen-bond acceptors (Lipinski definition) is 9. The number of benzene rings is 1. The van der Waals surface area contributed by atoms with Gasteiger partial charge in [0, 0.05) is 44.0 Å². The van der Waals surface area contributed by atoms with Gasteiger partial charge in [-0.2, -0.15) is 5.10 Å². The number of pyridine rings is 1. The highest BCUT2D eigenvalue weighted by Crippen LogP contribution is 2.39. The molecule has 0 saturated carbocycles. The number of aromatic nitrogens is 4. The molecule has 0 bridgehead atoms. The third kappa shape index (κ3) is 5.79.